The molecule has 0 aliphatic carbocycles. The van der Waals surface area contributed by atoms with Crippen LogP contribution in [0.25, 0.3) is 0 Å². The molecule has 1 heterocycles. The molecule has 0 radical (unpaired) electrons. The van der Waals surface area contributed by atoms with Crippen molar-refractivity contribution >= 4 is 0 Å². The highest BCUT2D eigenvalue weighted by Gasteiger charge is 1.77. The third-order valence-electron chi connectivity index (χ3n) is 1.86. The van der Waals surface area contributed by atoms with Crippen LogP contribution in [-0.4, -0.2) is 11.9 Å². The highest BCUT2D eigenvalue weighted by atomic mass is 15.0. The Hall–Kier alpha value is -2.02. The van der Waals surface area contributed by atoms with Gasteiger partial charge in [0.1, 0.15) is 0 Å². The summed E-state index contributed by atoms with van der Waals surface area (Å²) in [5.41, 5.74) is 0. The molecule has 1 nitrogen and oxygen atoms in total. The molecule has 0 saturated heterocycles. The molecule has 0 aromatic carbocycles. The molecule has 0 spiro atoms. The van der Waals surface area contributed by atoms with E-state index in [-0.39, 0.29) is 0 Å². The number of hydrogen-bond acceptors (Lipinski definition) is 1. The van der Waals surface area contributed by atoms with Crippen LogP contribution in [0.1, 0.15) is 0 Å². The van der Waals surface area contributed by atoms with Crippen molar-refractivity contribution in [2.24, 2.45) is 0 Å². The maximum atomic E-state index is 2.00. The van der Waals surface area contributed by atoms with Crippen LogP contribution in [0, 0.1) is 0 Å². The van der Waals surface area contributed by atoms with Gasteiger partial charge < -0.3 is 4.90 Å². The van der Waals surface area contributed by atoms with Gasteiger partial charge in [0.25, 0.3) is 0 Å². The van der Waals surface area contributed by atoms with E-state index in [9.17, 15) is 0 Å². The predicted molar refractivity (Wildman–Crippen MR) is 71.7 cm³/mol. The second kappa shape index (κ2) is 8.30. The molecule has 0 aromatic heterocycles. The van der Waals surface area contributed by atoms with E-state index in [1.165, 1.54) is 0 Å². The fourth-order valence-electron chi connectivity index (χ4n) is 1.06. The molecule has 1 aliphatic rings. The van der Waals surface area contributed by atoms with Gasteiger partial charge in [0.05, 0.1) is 0 Å². The lowest BCUT2D eigenvalue weighted by Gasteiger charge is -2.04. The second-order valence-corrected chi connectivity index (χ2v) is 3.27. The molecule has 0 saturated carbocycles. The second-order valence-electron chi connectivity index (χ2n) is 3.27. The van der Waals surface area contributed by atoms with Crippen LogP contribution >= 0.6 is 0 Å². The first-order chi connectivity index (χ1) is 7.89. The van der Waals surface area contributed by atoms with Gasteiger partial charge >= 0.3 is 0 Å². The average molecular weight is 211 g/mol. The first kappa shape index (κ1) is 12.1. The summed E-state index contributed by atoms with van der Waals surface area (Å²) in [5.74, 6) is 0. The van der Waals surface area contributed by atoms with Crippen LogP contribution in [-0.2, 0) is 0 Å². The van der Waals surface area contributed by atoms with Gasteiger partial charge in [0, 0.05) is 19.4 Å². The van der Waals surface area contributed by atoms with E-state index in [0.717, 1.165) is 0 Å². The number of allylic oxidation sites excluding steroid dienone is 12. The summed E-state index contributed by atoms with van der Waals surface area (Å²) in [7, 11) is 2.00. The van der Waals surface area contributed by atoms with Crippen LogP contribution in [0.2, 0.25) is 0 Å². The lowest BCUT2D eigenvalue weighted by atomic mass is 10.3. The van der Waals surface area contributed by atoms with Gasteiger partial charge in [-0.1, -0.05) is 60.8 Å². The van der Waals surface area contributed by atoms with Crippen LogP contribution in [0.15, 0.2) is 85.3 Å². The molecule has 0 N–H and O–H groups in total. The topological polar surface area (TPSA) is 3.24 Å². The van der Waals surface area contributed by atoms with Crippen molar-refractivity contribution in [3.8, 4) is 0 Å². The standard InChI is InChI=1S/C15H17N/c1-16-14-12-10-8-6-4-2-3-5-7-9-11-13-15-16/h2-15H,1H3/b3-2-,6-4-,7-5-,10-8-,11-9-,14-12-,15-13?. The summed E-state index contributed by atoms with van der Waals surface area (Å²) in [6.07, 6.45) is 28.0. The summed E-state index contributed by atoms with van der Waals surface area (Å²) in [5, 5.41) is 0. The number of rotatable bonds is 0. The predicted octanol–water partition coefficient (Wildman–Crippen LogP) is 3.74. The molecule has 0 aromatic rings. The molecule has 0 unspecified atom stereocenters. The first-order valence-electron chi connectivity index (χ1n) is 5.30. The average Bonchev–Trinajstić information content (AvgIpc) is 2.29. The van der Waals surface area contributed by atoms with Crippen LogP contribution in [0.3, 0.4) is 0 Å². The van der Waals surface area contributed by atoms with Gasteiger partial charge in [-0.15, -0.1) is 0 Å². The Kier molecular flexibility index (Phi) is 6.25. The minimum Gasteiger partial charge on any atom is -0.357 e. The molecule has 16 heavy (non-hydrogen) atoms. The minimum atomic E-state index is 2.00. The molecule has 1 aliphatic heterocycles. The molecule has 0 fully saturated rings. The highest BCUT2D eigenvalue weighted by molar-refractivity contribution is 5.21. The Morgan fingerprint density at radius 2 is 0.688 bits per heavy atom. The largest absolute Gasteiger partial charge is 0.357 e. The van der Waals surface area contributed by atoms with Gasteiger partial charge in [-0.2, -0.15) is 0 Å². The van der Waals surface area contributed by atoms with Crippen LogP contribution < -0.4 is 0 Å². The fourth-order valence-corrected chi connectivity index (χ4v) is 1.06. The Balaban J connectivity index is 2.72. The highest BCUT2D eigenvalue weighted by Crippen LogP contribution is 1.91. The monoisotopic (exact) mass is 211 g/mol. The van der Waals surface area contributed by atoms with E-state index in [1.54, 1.807) is 0 Å². The Labute approximate surface area is 97.8 Å². The van der Waals surface area contributed by atoms with Gasteiger partial charge in [-0.3, -0.25) is 0 Å². The SMILES string of the molecule is CN1C=C\C=C/C=C\C=C/C=C\C=C/C=C\1. The van der Waals surface area contributed by atoms with Gasteiger partial charge in [-0.05, 0) is 12.2 Å². The van der Waals surface area contributed by atoms with E-state index < -0.39 is 0 Å². The van der Waals surface area contributed by atoms with Crippen molar-refractivity contribution in [3.63, 3.8) is 0 Å². The van der Waals surface area contributed by atoms with Crippen molar-refractivity contribution in [1.82, 2.24) is 4.90 Å². The van der Waals surface area contributed by atoms with Crippen LogP contribution in [0.5, 0.6) is 0 Å². The molecular formula is C15H17N. The zero-order chi connectivity index (χ0) is 11.5. The number of hydrogen-bond donors (Lipinski definition) is 0. The van der Waals surface area contributed by atoms with Gasteiger partial charge in [0.2, 0.25) is 0 Å². The summed E-state index contributed by atoms with van der Waals surface area (Å²) in [6, 6.07) is 0. The van der Waals surface area contributed by atoms with Crippen molar-refractivity contribution < 1.29 is 0 Å². The van der Waals surface area contributed by atoms with E-state index in [4.69, 9.17) is 0 Å². The number of nitrogens with zero attached hydrogens (tertiary/aromatic N) is 1. The summed E-state index contributed by atoms with van der Waals surface area (Å²) >= 11 is 0. The van der Waals surface area contributed by atoms with Crippen LogP contribution in [0.4, 0.5) is 0 Å². The smallest absolute Gasteiger partial charge is 0.0106 e. The summed E-state index contributed by atoms with van der Waals surface area (Å²) in [6.45, 7) is 0. The fraction of sp³-hybridized carbons (Fsp3) is 0.0667. The summed E-state index contributed by atoms with van der Waals surface area (Å²) < 4.78 is 0. The lowest BCUT2D eigenvalue weighted by molar-refractivity contribution is 0.626. The molecule has 0 bridgehead atoms. The molecule has 0 amide bonds. The summed E-state index contributed by atoms with van der Waals surface area (Å²) in [4.78, 5) is 2.00. The van der Waals surface area contributed by atoms with E-state index in [1.807, 2.05) is 97.3 Å². The van der Waals surface area contributed by atoms with Gasteiger partial charge in [-0.25, -0.2) is 0 Å². The van der Waals surface area contributed by atoms with E-state index >= 15 is 0 Å². The third-order valence-corrected chi connectivity index (χ3v) is 1.86. The third kappa shape index (κ3) is 6.44. The Bertz CT molecular complexity index is 340. The molecule has 1 heteroatoms. The maximum Gasteiger partial charge on any atom is 0.0106 e. The quantitative estimate of drug-likeness (QED) is 0.590. The van der Waals surface area contributed by atoms with Crippen molar-refractivity contribution in [2.75, 3.05) is 7.05 Å². The van der Waals surface area contributed by atoms with E-state index in [2.05, 4.69) is 0 Å². The zero-order valence-corrected chi connectivity index (χ0v) is 9.53. The minimum absolute atomic E-state index is 2.00. The van der Waals surface area contributed by atoms with E-state index in [0.29, 0.717) is 0 Å². The van der Waals surface area contributed by atoms with Crippen molar-refractivity contribution in [2.45, 2.75) is 0 Å². The normalized spacial score (nSPS) is 28.4. The van der Waals surface area contributed by atoms with Gasteiger partial charge in [0.15, 0.2) is 0 Å². The molecule has 0 atom stereocenters. The van der Waals surface area contributed by atoms with Crippen molar-refractivity contribution in [3.05, 3.63) is 85.3 Å². The Morgan fingerprint density at radius 1 is 0.438 bits per heavy atom. The zero-order valence-electron chi connectivity index (χ0n) is 9.53. The first-order valence-corrected chi connectivity index (χ1v) is 5.30. The molecule has 1 rings (SSSR count). The lowest BCUT2D eigenvalue weighted by Crippen LogP contribution is -1.98. The van der Waals surface area contributed by atoms with Crippen molar-refractivity contribution in [1.29, 1.82) is 0 Å². The maximum absolute atomic E-state index is 2.00. The Morgan fingerprint density at radius 3 is 1.00 bits per heavy atom. The molecular weight excluding hydrogens is 194 g/mol. The molecule has 82 valence electrons.